The monoisotopic (exact) mass is 294 g/mol. The summed E-state index contributed by atoms with van der Waals surface area (Å²) < 4.78 is 5.21. The Labute approximate surface area is 120 Å². The molecule has 0 fully saturated rings. The number of nitrogens with one attached hydrogen (secondary N) is 1. The quantitative estimate of drug-likeness (QED) is 0.445. The number of nitrogens with zero attached hydrogens (tertiary/aromatic N) is 1. The molecular formula is C13H14N2O6. The molecule has 1 aromatic carbocycles. The van der Waals surface area contributed by atoms with Gasteiger partial charge in [0.05, 0.1) is 10.5 Å². The molecule has 0 aliphatic carbocycles. The zero-order chi connectivity index (χ0) is 16.0. The first kappa shape index (κ1) is 16.2. The number of hydrogen-bond donors (Lipinski definition) is 2. The van der Waals surface area contributed by atoms with Crippen molar-refractivity contribution in [2.45, 2.75) is 13.0 Å². The van der Waals surface area contributed by atoms with E-state index >= 15 is 0 Å². The molecule has 1 rings (SSSR count). The number of carbonyl (C=O) groups excluding carboxylic acids is 1. The molecule has 21 heavy (non-hydrogen) atoms. The number of carboxylic acids is 1. The van der Waals surface area contributed by atoms with Crippen LogP contribution in [0.5, 0.6) is 5.75 Å². The lowest BCUT2D eigenvalue weighted by molar-refractivity contribution is -0.386. The van der Waals surface area contributed by atoms with Gasteiger partial charge in [0.1, 0.15) is 0 Å². The maximum Gasteiger partial charge on any atom is 0.335 e. The van der Waals surface area contributed by atoms with Crippen LogP contribution in [0.4, 0.5) is 5.69 Å². The Morgan fingerprint density at radius 2 is 2.24 bits per heavy atom. The molecule has 8 nitrogen and oxygen atoms in total. The minimum absolute atomic E-state index is 0.172. The molecular weight excluding hydrogens is 280 g/mol. The minimum Gasteiger partial charge on any atom is -0.478 e. The van der Waals surface area contributed by atoms with E-state index < -0.39 is 28.6 Å². The van der Waals surface area contributed by atoms with Gasteiger partial charge in [-0.25, -0.2) is 4.79 Å². The van der Waals surface area contributed by atoms with Gasteiger partial charge < -0.3 is 15.2 Å². The highest BCUT2D eigenvalue weighted by Crippen LogP contribution is 2.29. The smallest absolute Gasteiger partial charge is 0.335 e. The van der Waals surface area contributed by atoms with Crippen molar-refractivity contribution in [1.29, 1.82) is 0 Å². The van der Waals surface area contributed by atoms with Gasteiger partial charge in [0.15, 0.2) is 11.9 Å². The largest absolute Gasteiger partial charge is 0.478 e. The SMILES string of the molecule is C=CCNC(=O)C(C)Oc1cc(C(=O)O)ccc1[N+](=O)[O-]. The fourth-order valence-electron chi connectivity index (χ4n) is 1.45. The average molecular weight is 294 g/mol. The average Bonchev–Trinajstić information content (AvgIpc) is 2.44. The summed E-state index contributed by atoms with van der Waals surface area (Å²) in [5.74, 6) is -2.02. The topological polar surface area (TPSA) is 119 Å². The van der Waals surface area contributed by atoms with E-state index in [2.05, 4.69) is 11.9 Å². The summed E-state index contributed by atoms with van der Waals surface area (Å²) in [5.41, 5.74) is -0.585. The van der Waals surface area contributed by atoms with Crippen LogP contribution in [0.15, 0.2) is 30.9 Å². The molecule has 1 amide bonds. The normalized spacial score (nSPS) is 11.3. The Balaban J connectivity index is 3.01. The van der Waals surface area contributed by atoms with Crippen molar-refractivity contribution in [2.24, 2.45) is 0 Å². The number of nitro groups is 1. The van der Waals surface area contributed by atoms with Gasteiger partial charge in [0, 0.05) is 18.7 Å². The number of amides is 1. The molecule has 0 radical (unpaired) electrons. The van der Waals surface area contributed by atoms with Crippen LogP contribution in [0.2, 0.25) is 0 Å². The molecule has 0 aromatic heterocycles. The molecule has 0 saturated heterocycles. The first-order valence-corrected chi connectivity index (χ1v) is 5.93. The highest BCUT2D eigenvalue weighted by Gasteiger charge is 2.22. The molecule has 8 heteroatoms. The van der Waals surface area contributed by atoms with E-state index in [9.17, 15) is 19.7 Å². The van der Waals surface area contributed by atoms with E-state index in [4.69, 9.17) is 9.84 Å². The summed E-state index contributed by atoms with van der Waals surface area (Å²) in [4.78, 5) is 32.7. The molecule has 0 spiro atoms. The number of hydrogen-bond acceptors (Lipinski definition) is 5. The van der Waals surface area contributed by atoms with E-state index in [1.54, 1.807) is 0 Å². The van der Waals surface area contributed by atoms with Crippen molar-refractivity contribution < 1.29 is 24.4 Å². The standard InChI is InChI=1S/C13H14N2O6/c1-3-6-14-12(16)8(2)21-11-7-9(13(17)18)4-5-10(11)15(19)20/h3-5,7-8H,1,6H2,2H3,(H,14,16)(H,17,18). The summed E-state index contributed by atoms with van der Waals surface area (Å²) in [6.07, 6.45) is 0.450. The lowest BCUT2D eigenvalue weighted by atomic mass is 10.2. The van der Waals surface area contributed by atoms with Crippen LogP contribution in [0.25, 0.3) is 0 Å². The van der Waals surface area contributed by atoms with Gasteiger partial charge >= 0.3 is 11.7 Å². The number of aromatic carboxylic acids is 1. The van der Waals surface area contributed by atoms with Gasteiger partial charge in [-0.2, -0.15) is 0 Å². The predicted molar refractivity (Wildman–Crippen MR) is 73.4 cm³/mol. The van der Waals surface area contributed by atoms with Crippen molar-refractivity contribution in [3.8, 4) is 5.75 Å². The fourth-order valence-corrected chi connectivity index (χ4v) is 1.45. The molecule has 0 heterocycles. The lowest BCUT2D eigenvalue weighted by Crippen LogP contribution is -2.36. The Morgan fingerprint density at radius 1 is 1.57 bits per heavy atom. The van der Waals surface area contributed by atoms with Crippen molar-refractivity contribution in [3.05, 3.63) is 46.5 Å². The number of nitro benzene ring substituents is 1. The van der Waals surface area contributed by atoms with Crippen LogP contribution in [0.3, 0.4) is 0 Å². The zero-order valence-corrected chi connectivity index (χ0v) is 11.2. The summed E-state index contributed by atoms with van der Waals surface area (Å²) in [7, 11) is 0. The lowest BCUT2D eigenvalue weighted by Gasteiger charge is -2.14. The van der Waals surface area contributed by atoms with Gasteiger partial charge in [0.25, 0.3) is 5.91 Å². The molecule has 0 aliphatic heterocycles. The number of carboxylic acid groups (broad SMARTS) is 1. The number of rotatable bonds is 7. The molecule has 1 aromatic rings. The van der Waals surface area contributed by atoms with Gasteiger partial charge in [-0.1, -0.05) is 6.08 Å². The third-order valence-corrected chi connectivity index (χ3v) is 2.50. The molecule has 1 unspecified atom stereocenters. The van der Waals surface area contributed by atoms with Gasteiger partial charge in [-0.15, -0.1) is 6.58 Å². The molecule has 1 atom stereocenters. The van der Waals surface area contributed by atoms with Crippen molar-refractivity contribution in [1.82, 2.24) is 5.32 Å². The fraction of sp³-hybridized carbons (Fsp3) is 0.231. The third-order valence-electron chi connectivity index (χ3n) is 2.50. The van der Waals surface area contributed by atoms with E-state index in [0.29, 0.717) is 0 Å². The minimum atomic E-state index is -1.25. The second kappa shape index (κ2) is 7.04. The Bertz CT molecular complexity index is 584. The summed E-state index contributed by atoms with van der Waals surface area (Å²) in [6, 6.07) is 3.13. The third kappa shape index (κ3) is 4.30. The maximum atomic E-state index is 11.6. The van der Waals surface area contributed by atoms with Gasteiger partial charge in [0.2, 0.25) is 0 Å². The van der Waals surface area contributed by atoms with Crippen LogP contribution in [-0.4, -0.2) is 34.6 Å². The van der Waals surface area contributed by atoms with E-state index in [-0.39, 0.29) is 17.9 Å². The molecule has 2 N–H and O–H groups in total. The number of benzene rings is 1. The van der Waals surface area contributed by atoms with E-state index in [0.717, 1.165) is 18.2 Å². The molecule has 0 saturated carbocycles. The molecule has 0 bridgehead atoms. The summed E-state index contributed by atoms with van der Waals surface area (Å²) >= 11 is 0. The van der Waals surface area contributed by atoms with E-state index in [1.807, 2.05) is 0 Å². The zero-order valence-electron chi connectivity index (χ0n) is 11.2. The van der Waals surface area contributed by atoms with Crippen LogP contribution in [-0.2, 0) is 4.79 Å². The maximum absolute atomic E-state index is 11.6. The van der Waals surface area contributed by atoms with Crippen LogP contribution >= 0.6 is 0 Å². The summed E-state index contributed by atoms with van der Waals surface area (Å²) in [6.45, 7) is 5.06. The van der Waals surface area contributed by atoms with Crippen molar-refractivity contribution >= 4 is 17.6 Å². The highest BCUT2D eigenvalue weighted by molar-refractivity contribution is 5.89. The van der Waals surface area contributed by atoms with Crippen molar-refractivity contribution in [2.75, 3.05) is 6.54 Å². The second-order valence-corrected chi connectivity index (χ2v) is 4.04. The van der Waals surface area contributed by atoms with Gasteiger partial charge in [-0.3, -0.25) is 14.9 Å². The highest BCUT2D eigenvalue weighted by atomic mass is 16.6. The summed E-state index contributed by atoms with van der Waals surface area (Å²) in [5, 5.41) is 22.2. The number of ether oxygens (including phenoxy) is 1. The van der Waals surface area contributed by atoms with Crippen LogP contribution < -0.4 is 10.1 Å². The predicted octanol–water partition coefficient (Wildman–Crippen LogP) is 1.36. The van der Waals surface area contributed by atoms with Crippen molar-refractivity contribution in [3.63, 3.8) is 0 Å². The Kier molecular flexibility index (Phi) is 5.41. The van der Waals surface area contributed by atoms with Crippen LogP contribution in [0, 0.1) is 10.1 Å². The van der Waals surface area contributed by atoms with Crippen LogP contribution in [0.1, 0.15) is 17.3 Å². The Hall–Kier alpha value is -2.90. The first-order valence-electron chi connectivity index (χ1n) is 5.93. The first-order chi connectivity index (χ1) is 9.86. The second-order valence-electron chi connectivity index (χ2n) is 4.04. The van der Waals surface area contributed by atoms with E-state index in [1.165, 1.54) is 13.0 Å². The molecule has 0 aliphatic rings. The Morgan fingerprint density at radius 3 is 2.76 bits per heavy atom. The van der Waals surface area contributed by atoms with Gasteiger partial charge in [-0.05, 0) is 13.0 Å². The number of carbonyl (C=O) groups is 2. The molecule has 112 valence electrons.